The van der Waals surface area contributed by atoms with Crippen LogP contribution in [0.3, 0.4) is 0 Å². The van der Waals surface area contributed by atoms with E-state index in [1.807, 2.05) is 11.3 Å². The lowest BCUT2D eigenvalue weighted by Gasteiger charge is -2.36. The number of rotatable bonds is 2. The summed E-state index contributed by atoms with van der Waals surface area (Å²) in [6, 6.07) is 3.08. The molecule has 0 saturated carbocycles. The molecule has 17 heavy (non-hydrogen) atoms. The first kappa shape index (κ1) is 12.2. The summed E-state index contributed by atoms with van der Waals surface area (Å²) in [5.74, 6) is 0.897. The van der Waals surface area contributed by atoms with E-state index in [1.54, 1.807) is 0 Å². The topological polar surface area (TPSA) is 15.3 Å². The predicted octanol–water partition coefficient (Wildman–Crippen LogP) is 3.00. The van der Waals surface area contributed by atoms with Crippen molar-refractivity contribution in [1.29, 1.82) is 0 Å². The molecule has 2 aliphatic heterocycles. The van der Waals surface area contributed by atoms with Crippen molar-refractivity contribution in [3.05, 3.63) is 20.3 Å². The Bertz CT molecular complexity index is 385. The molecule has 0 aromatic carbocycles. The summed E-state index contributed by atoms with van der Waals surface area (Å²) in [5, 5.41) is 3.55. The second kappa shape index (κ2) is 5.00. The first-order chi connectivity index (χ1) is 8.24. The number of hydrogen-bond acceptors (Lipinski definition) is 3. The Hall–Kier alpha value is 0.100. The van der Waals surface area contributed by atoms with Crippen molar-refractivity contribution < 1.29 is 0 Å². The van der Waals surface area contributed by atoms with E-state index in [0.717, 1.165) is 18.5 Å². The van der Waals surface area contributed by atoms with Crippen LogP contribution < -0.4 is 5.32 Å². The van der Waals surface area contributed by atoms with Gasteiger partial charge in [-0.1, -0.05) is 0 Å². The Kier molecular flexibility index (Phi) is 3.57. The Morgan fingerprint density at radius 1 is 1.53 bits per heavy atom. The van der Waals surface area contributed by atoms with Gasteiger partial charge in [0, 0.05) is 33.4 Å². The smallest absolute Gasteiger partial charge is 0.0332 e. The number of hydrogen-bond donors (Lipinski definition) is 1. The van der Waals surface area contributed by atoms with Crippen LogP contribution in [0.5, 0.6) is 0 Å². The van der Waals surface area contributed by atoms with Crippen molar-refractivity contribution in [2.75, 3.05) is 19.6 Å². The highest BCUT2D eigenvalue weighted by Crippen LogP contribution is 2.31. The van der Waals surface area contributed by atoms with Gasteiger partial charge < -0.3 is 5.32 Å². The van der Waals surface area contributed by atoms with Gasteiger partial charge in [0.1, 0.15) is 0 Å². The van der Waals surface area contributed by atoms with Crippen LogP contribution in [-0.4, -0.2) is 30.6 Å². The van der Waals surface area contributed by atoms with Crippen molar-refractivity contribution in [3.8, 4) is 0 Å². The zero-order chi connectivity index (χ0) is 11.8. The molecule has 3 rings (SSSR count). The highest BCUT2D eigenvalue weighted by Gasteiger charge is 2.34. The summed E-state index contributed by atoms with van der Waals surface area (Å²) in [6.45, 7) is 7.02. The van der Waals surface area contributed by atoms with Crippen LogP contribution >= 0.6 is 27.3 Å². The minimum Gasteiger partial charge on any atom is -0.315 e. The zero-order valence-electron chi connectivity index (χ0n) is 10.2. The van der Waals surface area contributed by atoms with Gasteiger partial charge in [0.05, 0.1) is 0 Å². The van der Waals surface area contributed by atoms with Crippen molar-refractivity contribution in [3.63, 3.8) is 0 Å². The monoisotopic (exact) mass is 314 g/mol. The molecule has 94 valence electrons. The summed E-state index contributed by atoms with van der Waals surface area (Å²) in [6.07, 6.45) is 2.79. The first-order valence-corrected chi connectivity index (χ1v) is 8.04. The molecule has 2 unspecified atom stereocenters. The normalized spacial score (nSPS) is 29.5. The molecule has 2 nitrogen and oxygen atoms in total. The van der Waals surface area contributed by atoms with Crippen LogP contribution in [0.1, 0.15) is 22.6 Å². The average Bonchev–Trinajstić information content (AvgIpc) is 2.87. The average molecular weight is 315 g/mol. The highest BCUT2D eigenvalue weighted by atomic mass is 79.9. The lowest BCUT2D eigenvalue weighted by atomic mass is 9.92. The molecule has 2 fully saturated rings. The molecular formula is C13H19BrN2S. The number of fused-ring (bicyclic) bond motifs is 1. The molecule has 1 N–H and O–H groups in total. The Morgan fingerprint density at radius 3 is 3.18 bits per heavy atom. The lowest BCUT2D eigenvalue weighted by Crippen LogP contribution is -2.44. The number of thiophene rings is 1. The van der Waals surface area contributed by atoms with E-state index in [0.29, 0.717) is 0 Å². The number of piperidine rings is 1. The van der Waals surface area contributed by atoms with Crippen molar-refractivity contribution >= 4 is 27.3 Å². The molecule has 0 radical (unpaired) electrons. The van der Waals surface area contributed by atoms with Gasteiger partial charge >= 0.3 is 0 Å². The summed E-state index contributed by atoms with van der Waals surface area (Å²) in [7, 11) is 0. The van der Waals surface area contributed by atoms with Gasteiger partial charge in [-0.3, -0.25) is 4.90 Å². The second-order valence-electron chi connectivity index (χ2n) is 5.22. The molecule has 0 bridgehead atoms. The van der Waals surface area contributed by atoms with E-state index in [9.17, 15) is 0 Å². The van der Waals surface area contributed by atoms with E-state index in [4.69, 9.17) is 0 Å². The van der Waals surface area contributed by atoms with Gasteiger partial charge in [-0.2, -0.15) is 0 Å². The first-order valence-electron chi connectivity index (χ1n) is 6.43. The maximum Gasteiger partial charge on any atom is 0.0332 e. The lowest BCUT2D eigenvalue weighted by molar-refractivity contribution is 0.119. The van der Waals surface area contributed by atoms with Crippen molar-refractivity contribution in [2.24, 2.45) is 5.92 Å². The third-order valence-electron chi connectivity index (χ3n) is 4.06. The standard InChI is InChI=1S/C13H19BrN2S/c1-9-12(14)5-11(17-9)8-16-4-2-3-10-6-15-7-13(10)16/h5,10,13,15H,2-4,6-8H2,1H3. The molecule has 2 saturated heterocycles. The minimum absolute atomic E-state index is 0.782. The Balaban J connectivity index is 1.71. The van der Waals surface area contributed by atoms with E-state index < -0.39 is 0 Å². The van der Waals surface area contributed by atoms with Gasteiger partial charge in [0.25, 0.3) is 0 Å². The van der Waals surface area contributed by atoms with Gasteiger partial charge in [0.2, 0.25) is 0 Å². The summed E-state index contributed by atoms with van der Waals surface area (Å²) in [5.41, 5.74) is 0. The minimum atomic E-state index is 0.782. The number of aryl methyl sites for hydroxylation is 1. The second-order valence-corrected chi connectivity index (χ2v) is 7.41. The quantitative estimate of drug-likeness (QED) is 0.902. The fraction of sp³-hybridized carbons (Fsp3) is 0.692. The fourth-order valence-electron chi connectivity index (χ4n) is 3.16. The summed E-state index contributed by atoms with van der Waals surface area (Å²) >= 11 is 5.55. The van der Waals surface area contributed by atoms with Crippen LogP contribution in [0, 0.1) is 12.8 Å². The molecule has 2 aliphatic rings. The van der Waals surface area contributed by atoms with Crippen LogP contribution in [0.4, 0.5) is 0 Å². The third-order valence-corrected chi connectivity index (χ3v) is 6.18. The number of nitrogens with zero attached hydrogens (tertiary/aromatic N) is 1. The van der Waals surface area contributed by atoms with Crippen LogP contribution in [0.2, 0.25) is 0 Å². The Labute approximate surface area is 116 Å². The number of likely N-dealkylation sites (tertiary alicyclic amines) is 1. The SMILES string of the molecule is Cc1sc(CN2CCCC3CNCC32)cc1Br. The molecular weight excluding hydrogens is 296 g/mol. The molecule has 1 aromatic heterocycles. The van der Waals surface area contributed by atoms with E-state index in [-0.39, 0.29) is 0 Å². The molecule has 1 aromatic rings. The van der Waals surface area contributed by atoms with Gasteiger partial charge in [0.15, 0.2) is 0 Å². The number of halogens is 1. The maximum atomic E-state index is 3.62. The maximum absolute atomic E-state index is 3.62. The number of nitrogens with one attached hydrogen (secondary N) is 1. The summed E-state index contributed by atoms with van der Waals surface area (Å²) in [4.78, 5) is 5.59. The van der Waals surface area contributed by atoms with Crippen LogP contribution in [0.25, 0.3) is 0 Å². The molecule has 0 aliphatic carbocycles. The third kappa shape index (κ3) is 2.46. The van der Waals surface area contributed by atoms with Gasteiger partial charge in [-0.15, -0.1) is 11.3 Å². The van der Waals surface area contributed by atoms with Crippen molar-refractivity contribution in [2.45, 2.75) is 32.4 Å². The van der Waals surface area contributed by atoms with E-state index in [1.165, 1.54) is 46.7 Å². The molecule has 4 heteroatoms. The summed E-state index contributed by atoms with van der Waals surface area (Å²) < 4.78 is 1.27. The van der Waals surface area contributed by atoms with E-state index >= 15 is 0 Å². The predicted molar refractivity (Wildman–Crippen MR) is 76.5 cm³/mol. The van der Waals surface area contributed by atoms with Gasteiger partial charge in [-0.25, -0.2) is 0 Å². The fourth-order valence-corrected chi connectivity index (χ4v) is 4.78. The molecule has 0 spiro atoms. The molecule has 2 atom stereocenters. The van der Waals surface area contributed by atoms with Gasteiger partial charge in [-0.05, 0) is 60.8 Å². The molecule has 0 amide bonds. The van der Waals surface area contributed by atoms with E-state index in [2.05, 4.69) is 39.1 Å². The Morgan fingerprint density at radius 2 is 2.41 bits per heavy atom. The molecule has 3 heterocycles. The van der Waals surface area contributed by atoms with Crippen LogP contribution in [0.15, 0.2) is 10.5 Å². The van der Waals surface area contributed by atoms with Crippen LogP contribution in [-0.2, 0) is 6.54 Å². The largest absolute Gasteiger partial charge is 0.315 e. The van der Waals surface area contributed by atoms with Crippen molar-refractivity contribution in [1.82, 2.24) is 10.2 Å². The zero-order valence-corrected chi connectivity index (χ0v) is 12.6. The highest BCUT2D eigenvalue weighted by molar-refractivity contribution is 9.10.